The Morgan fingerprint density at radius 3 is 0.976 bits per heavy atom. The first-order chi connectivity index (χ1) is 20.8. The molecule has 0 aliphatic heterocycles. The predicted octanol–water partition coefficient (Wildman–Crippen LogP) is 11.0. The fraction of sp³-hybridized carbons (Fsp3) is 0. The Labute approximate surface area is 240 Å². The average molecular weight is 531 g/mol. The number of ketones is 1. The van der Waals surface area contributed by atoms with Gasteiger partial charge in [-0.25, -0.2) is 0 Å². The summed E-state index contributed by atoms with van der Waals surface area (Å²) in [5.41, 5.74) is 1.52. The fourth-order valence-corrected chi connectivity index (χ4v) is 7.84. The summed E-state index contributed by atoms with van der Waals surface area (Å²) in [6.07, 6.45) is 0. The quantitative estimate of drug-likeness (QED) is 0.123. The van der Waals surface area contributed by atoms with Gasteiger partial charge in [0.15, 0.2) is 5.78 Å². The van der Waals surface area contributed by atoms with E-state index in [1.165, 1.54) is 43.1 Å². The Bertz CT molecular complexity index is 2550. The number of hydrogen-bond donors (Lipinski definition) is 0. The number of benzene rings is 10. The molecule has 0 aliphatic rings. The molecule has 0 N–H and O–H groups in total. The average Bonchev–Trinajstić information content (AvgIpc) is 3.05. The van der Waals surface area contributed by atoms with E-state index in [4.69, 9.17) is 0 Å². The number of carbonyl (C=O) groups excluding carboxylic acids is 1. The van der Waals surface area contributed by atoms with Gasteiger partial charge in [0.2, 0.25) is 0 Å². The summed E-state index contributed by atoms with van der Waals surface area (Å²) in [6, 6.07) is 47.3. The minimum absolute atomic E-state index is 0.0705. The van der Waals surface area contributed by atoms with Gasteiger partial charge in [-0.3, -0.25) is 4.79 Å². The molecule has 10 rings (SSSR count). The van der Waals surface area contributed by atoms with E-state index < -0.39 is 0 Å². The topological polar surface area (TPSA) is 17.1 Å². The summed E-state index contributed by atoms with van der Waals surface area (Å²) in [6.45, 7) is 0. The van der Waals surface area contributed by atoms with Gasteiger partial charge in [-0.15, -0.1) is 0 Å². The number of rotatable bonds is 2. The lowest BCUT2D eigenvalue weighted by molar-refractivity contribution is 0.104. The van der Waals surface area contributed by atoms with Gasteiger partial charge in [-0.2, -0.15) is 0 Å². The predicted molar refractivity (Wildman–Crippen MR) is 179 cm³/mol. The monoisotopic (exact) mass is 530 g/mol. The highest BCUT2D eigenvalue weighted by Crippen LogP contribution is 2.45. The van der Waals surface area contributed by atoms with Crippen LogP contribution < -0.4 is 0 Å². The van der Waals surface area contributed by atoms with Crippen molar-refractivity contribution in [2.75, 3.05) is 0 Å². The third kappa shape index (κ3) is 2.66. The molecular formula is C41H22O. The van der Waals surface area contributed by atoms with Gasteiger partial charge in [0.05, 0.1) is 0 Å². The molecule has 1 nitrogen and oxygen atoms in total. The first-order valence-electron chi connectivity index (χ1n) is 14.5. The fourth-order valence-electron chi connectivity index (χ4n) is 7.84. The minimum atomic E-state index is 0.0705. The smallest absolute Gasteiger partial charge is 0.194 e. The van der Waals surface area contributed by atoms with Crippen molar-refractivity contribution in [1.82, 2.24) is 0 Å². The second-order valence-electron chi connectivity index (χ2n) is 11.5. The van der Waals surface area contributed by atoms with Crippen LogP contribution in [0, 0.1) is 0 Å². The summed E-state index contributed by atoms with van der Waals surface area (Å²) < 4.78 is 0. The van der Waals surface area contributed by atoms with E-state index in [9.17, 15) is 0 Å². The van der Waals surface area contributed by atoms with Crippen molar-refractivity contribution >= 4 is 92.0 Å². The van der Waals surface area contributed by atoms with Gasteiger partial charge in [0, 0.05) is 21.9 Å². The molecule has 0 saturated heterocycles. The van der Waals surface area contributed by atoms with Crippen molar-refractivity contribution in [3.05, 3.63) is 145 Å². The Balaban J connectivity index is 1.40. The maximum absolute atomic E-state index is 15.0. The molecule has 192 valence electrons. The van der Waals surface area contributed by atoms with E-state index in [1.807, 2.05) is 0 Å². The molecule has 0 amide bonds. The number of hydrogen-bond acceptors (Lipinski definition) is 1. The lowest BCUT2D eigenvalue weighted by atomic mass is 9.83. The first-order valence-corrected chi connectivity index (χ1v) is 14.5. The van der Waals surface area contributed by atoms with E-state index in [0.717, 1.165) is 54.2 Å². The molecule has 0 atom stereocenters. The van der Waals surface area contributed by atoms with Gasteiger partial charge in [0.1, 0.15) is 0 Å². The molecule has 0 fully saturated rings. The zero-order valence-corrected chi connectivity index (χ0v) is 22.6. The normalized spacial score (nSPS) is 12.4. The molecule has 0 radical (unpaired) electrons. The summed E-state index contributed by atoms with van der Waals surface area (Å²) >= 11 is 0. The molecule has 0 unspecified atom stereocenters. The molecule has 0 bridgehead atoms. The molecule has 42 heavy (non-hydrogen) atoms. The Kier molecular flexibility index (Phi) is 4.13. The summed E-state index contributed by atoms with van der Waals surface area (Å²) in [5, 5.41) is 18.7. The van der Waals surface area contributed by atoms with Crippen LogP contribution in [0.2, 0.25) is 0 Å². The largest absolute Gasteiger partial charge is 0.289 e. The molecular weight excluding hydrogens is 508 g/mol. The van der Waals surface area contributed by atoms with Crippen molar-refractivity contribution in [3.8, 4) is 0 Å². The lowest BCUT2D eigenvalue weighted by Crippen LogP contribution is -2.05. The van der Waals surface area contributed by atoms with Gasteiger partial charge in [-0.05, 0) is 87.5 Å². The van der Waals surface area contributed by atoms with E-state index >= 15 is 4.79 Å². The van der Waals surface area contributed by atoms with Crippen LogP contribution in [0.15, 0.2) is 133 Å². The number of carbonyl (C=O) groups is 1. The SMILES string of the molecule is O=C(c1ccc2cccc3c4cccc5cccc(c1c23)c54)c1ccc2cccc3c4cccc5cccc(c1c23)c54. The van der Waals surface area contributed by atoms with E-state index in [1.54, 1.807) is 0 Å². The summed E-state index contributed by atoms with van der Waals surface area (Å²) in [4.78, 5) is 15.0. The highest BCUT2D eigenvalue weighted by Gasteiger charge is 2.23. The van der Waals surface area contributed by atoms with Gasteiger partial charge >= 0.3 is 0 Å². The van der Waals surface area contributed by atoms with Crippen molar-refractivity contribution in [2.45, 2.75) is 0 Å². The van der Waals surface area contributed by atoms with E-state index in [2.05, 4.69) is 133 Å². The molecule has 0 aliphatic carbocycles. The first kappa shape index (κ1) is 22.2. The second kappa shape index (κ2) is 7.81. The standard InChI is InChI=1S/C41H22O/c42-41(33-21-19-25-11-3-15-29-27-13-1-7-23-9-5-17-31(35(23)27)39(33)37(25)29)34-22-20-26-12-4-16-30-28-14-2-8-24-10-6-18-32(36(24)28)40(34)38(26)30/h1-22H. The van der Waals surface area contributed by atoms with Crippen LogP contribution in [0.4, 0.5) is 0 Å². The Morgan fingerprint density at radius 2 is 0.595 bits per heavy atom. The van der Waals surface area contributed by atoms with Crippen LogP contribution in [0.5, 0.6) is 0 Å². The van der Waals surface area contributed by atoms with Crippen molar-refractivity contribution in [2.24, 2.45) is 0 Å². The maximum atomic E-state index is 15.0. The van der Waals surface area contributed by atoms with E-state index in [0.29, 0.717) is 0 Å². The highest BCUT2D eigenvalue weighted by molar-refractivity contribution is 6.40. The molecule has 10 aromatic rings. The second-order valence-corrected chi connectivity index (χ2v) is 11.5. The minimum Gasteiger partial charge on any atom is -0.289 e. The van der Waals surface area contributed by atoms with Crippen molar-refractivity contribution in [3.63, 3.8) is 0 Å². The third-order valence-corrected chi connectivity index (χ3v) is 9.51. The molecule has 0 spiro atoms. The van der Waals surface area contributed by atoms with Crippen LogP contribution >= 0.6 is 0 Å². The summed E-state index contributed by atoms with van der Waals surface area (Å²) in [5.74, 6) is 0.0705. The zero-order chi connectivity index (χ0) is 27.5. The zero-order valence-electron chi connectivity index (χ0n) is 22.6. The number of fused-ring (bicyclic) bond motifs is 4. The van der Waals surface area contributed by atoms with Crippen LogP contribution in [-0.4, -0.2) is 5.78 Å². The highest BCUT2D eigenvalue weighted by atomic mass is 16.1. The summed E-state index contributed by atoms with van der Waals surface area (Å²) in [7, 11) is 0. The third-order valence-electron chi connectivity index (χ3n) is 9.51. The Hall–Kier alpha value is -5.53. The lowest BCUT2D eigenvalue weighted by Gasteiger charge is -2.19. The molecule has 0 aromatic heterocycles. The molecule has 1 heteroatoms. The van der Waals surface area contributed by atoms with Crippen molar-refractivity contribution < 1.29 is 4.79 Å². The Morgan fingerprint density at radius 1 is 0.286 bits per heavy atom. The van der Waals surface area contributed by atoms with Crippen LogP contribution in [0.25, 0.3) is 86.2 Å². The molecule has 10 aromatic carbocycles. The molecule has 0 saturated carbocycles. The maximum Gasteiger partial charge on any atom is 0.194 e. The van der Waals surface area contributed by atoms with Gasteiger partial charge in [-0.1, -0.05) is 121 Å². The van der Waals surface area contributed by atoms with Gasteiger partial charge < -0.3 is 0 Å². The molecule has 0 heterocycles. The van der Waals surface area contributed by atoms with Crippen LogP contribution in [-0.2, 0) is 0 Å². The van der Waals surface area contributed by atoms with Gasteiger partial charge in [0.25, 0.3) is 0 Å². The van der Waals surface area contributed by atoms with E-state index in [-0.39, 0.29) is 5.78 Å². The van der Waals surface area contributed by atoms with Crippen LogP contribution in [0.1, 0.15) is 15.9 Å². The van der Waals surface area contributed by atoms with Crippen molar-refractivity contribution in [1.29, 1.82) is 0 Å². The van der Waals surface area contributed by atoms with Crippen LogP contribution in [0.3, 0.4) is 0 Å².